The zero-order valence-corrected chi connectivity index (χ0v) is 16.8. The molecule has 2 saturated heterocycles. The van der Waals surface area contributed by atoms with Gasteiger partial charge in [0.15, 0.2) is 5.82 Å². The number of carbonyl (C=O) groups is 1. The van der Waals surface area contributed by atoms with E-state index in [2.05, 4.69) is 44.1 Å². The van der Waals surface area contributed by atoms with Gasteiger partial charge in [0.25, 0.3) is 0 Å². The lowest BCUT2D eigenvalue weighted by Crippen LogP contribution is -2.56. The van der Waals surface area contributed by atoms with Crippen LogP contribution in [0.2, 0.25) is 0 Å². The summed E-state index contributed by atoms with van der Waals surface area (Å²) in [4.78, 5) is 32.9. The van der Waals surface area contributed by atoms with Gasteiger partial charge < -0.3 is 9.80 Å². The average molecular weight is 393 g/mol. The van der Waals surface area contributed by atoms with Crippen molar-refractivity contribution in [2.75, 3.05) is 46.2 Å². The molecule has 0 aromatic carbocycles. The summed E-state index contributed by atoms with van der Waals surface area (Å²) in [7, 11) is 0. The van der Waals surface area contributed by atoms with Gasteiger partial charge in [-0.15, -0.1) is 0 Å². The van der Waals surface area contributed by atoms with Crippen molar-refractivity contribution >= 4 is 29.2 Å². The highest BCUT2D eigenvalue weighted by Gasteiger charge is 2.38. The van der Waals surface area contributed by atoms with E-state index in [4.69, 9.17) is 4.98 Å². The van der Waals surface area contributed by atoms with Gasteiger partial charge in [-0.05, 0) is 49.8 Å². The number of aromatic nitrogens is 3. The normalized spacial score (nSPS) is 23.6. The molecular formula is C21H27N7O. The summed E-state index contributed by atoms with van der Waals surface area (Å²) in [6.45, 7) is 6.21. The van der Waals surface area contributed by atoms with Crippen molar-refractivity contribution in [2.45, 2.75) is 38.6 Å². The molecule has 0 radical (unpaired) electrons. The number of amides is 2. The Morgan fingerprint density at radius 1 is 1.10 bits per heavy atom. The fourth-order valence-corrected chi connectivity index (χ4v) is 4.78. The highest BCUT2D eigenvalue weighted by Crippen LogP contribution is 2.39. The molecule has 0 aliphatic carbocycles. The molecule has 3 aliphatic rings. The molecule has 152 valence electrons. The van der Waals surface area contributed by atoms with Crippen LogP contribution in [0.1, 0.15) is 32.6 Å². The van der Waals surface area contributed by atoms with Crippen molar-refractivity contribution in [3.63, 3.8) is 0 Å². The quantitative estimate of drug-likeness (QED) is 0.845. The van der Waals surface area contributed by atoms with Crippen molar-refractivity contribution in [3.05, 3.63) is 30.7 Å². The third kappa shape index (κ3) is 3.47. The second-order valence-electron chi connectivity index (χ2n) is 8.34. The summed E-state index contributed by atoms with van der Waals surface area (Å²) >= 11 is 0. The predicted molar refractivity (Wildman–Crippen MR) is 114 cm³/mol. The van der Waals surface area contributed by atoms with Crippen LogP contribution in [-0.2, 0) is 0 Å². The molecule has 1 unspecified atom stereocenters. The number of pyridine rings is 1. The molecule has 5 heterocycles. The first-order chi connectivity index (χ1) is 14.2. The minimum absolute atomic E-state index is 0.126. The van der Waals surface area contributed by atoms with E-state index in [-0.39, 0.29) is 12.1 Å². The number of hydrogen-bond acceptors (Lipinski definition) is 6. The molecule has 3 aliphatic heterocycles. The van der Waals surface area contributed by atoms with Gasteiger partial charge >= 0.3 is 6.03 Å². The lowest BCUT2D eigenvalue weighted by Gasteiger charge is -2.46. The van der Waals surface area contributed by atoms with E-state index in [1.165, 1.54) is 19.2 Å². The number of hydrogen-bond donors (Lipinski definition) is 1. The zero-order chi connectivity index (χ0) is 19.8. The first-order valence-electron chi connectivity index (χ1n) is 10.6. The van der Waals surface area contributed by atoms with Crippen LogP contribution in [0, 0.1) is 5.92 Å². The van der Waals surface area contributed by atoms with E-state index in [1.807, 2.05) is 4.90 Å². The third-order valence-electron chi connectivity index (χ3n) is 6.19. The van der Waals surface area contributed by atoms with E-state index < -0.39 is 0 Å². The molecule has 2 bridgehead atoms. The van der Waals surface area contributed by atoms with Crippen molar-refractivity contribution in [1.82, 2.24) is 15.0 Å². The van der Waals surface area contributed by atoms with Crippen LogP contribution in [0.4, 0.5) is 27.9 Å². The van der Waals surface area contributed by atoms with Crippen LogP contribution in [0.3, 0.4) is 0 Å². The van der Waals surface area contributed by atoms with Crippen LogP contribution in [0.5, 0.6) is 0 Å². The molecule has 8 heteroatoms. The van der Waals surface area contributed by atoms with Crippen LogP contribution in [-0.4, -0.2) is 53.2 Å². The summed E-state index contributed by atoms with van der Waals surface area (Å²) in [5.74, 6) is 2.91. The van der Waals surface area contributed by atoms with Crippen molar-refractivity contribution < 1.29 is 4.79 Å². The molecule has 2 amide bonds. The molecule has 2 atom stereocenters. The van der Waals surface area contributed by atoms with E-state index in [1.54, 1.807) is 12.3 Å². The number of nitrogens with zero attached hydrogens (tertiary/aromatic N) is 6. The number of nitrogens with one attached hydrogen (secondary N) is 1. The summed E-state index contributed by atoms with van der Waals surface area (Å²) in [5.41, 5.74) is 1.05. The number of urea groups is 1. The maximum absolute atomic E-state index is 13.3. The Morgan fingerprint density at radius 3 is 2.79 bits per heavy atom. The van der Waals surface area contributed by atoms with Crippen LogP contribution in [0.25, 0.3) is 0 Å². The Balaban J connectivity index is 1.49. The smallest absolute Gasteiger partial charge is 0.329 e. The van der Waals surface area contributed by atoms with E-state index in [0.717, 1.165) is 56.3 Å². The molecule has 8 nitrogen and oxygen atoms in total. The topological polar surface area (TPSA) is 77.5 Å². The lowest BCUT2D eigenvalue weighted by atomic mass is 9.99. The number of carbonyl (C=O) groups excluding carboxylic acids is 1. The molecule has 5 rings (SSSR count). The molecule has 2 aromatic heterocycles. The molecule has 1 N–H and O–H groups in total. The Hall–Kier alpha value is -2.90. The van der Waals surface area contributed by atoms with Crippen LogP contribution < -0.4 is 20.0 Å². The molecule has 2 fully saturated rings. The first-order valence-corrected chi connectivity index (χ1v) is 10.6. The van der Waals surface area contributed by atoms with Gasteiger partial charge in [0, 0.05) is 32.4 Å². The fourth-order valence-electron chi connectivity index (χ4n) is 4.78. The molecule has 0 spiro atoms. The van der Waals surface area contributed by atoms with Gasteiger partial charge in [0.05, 0.1) is 11.7 Å². The minimum Gasteiger partial charge on any atom is -0.366 e. The Bertz CT molecular complexity index is 890. The summed E-state index contributed by atoms with van der Waals surface area (Å²) in [6, 6.07) is 5.92. The van der Waals surface area contributed by atoms with Gasteiger partial charge in [-0.1, -0.05) is 6.92 Å². The van der Waals surface area contributed by atoms with Crippen LogP contribution in [0.15, 0.2) is 30.7 Å². The fraction of sp³-hybridized carbons (Fsp3) is 0.524. The number of anilines is 4. The molecule has 2 aromatic rings. The van der Waals surface area contributed by atoms with Crippen molar-refractivity contribution in [1.29, 1.82) is 0 Å². The van der Waals surface area contributed by atoms with Crippen LogP contribution >= 0.6 is 0 Å². The van der Waals surface area contributed by atoms with E-state index >= 15 is 0 Å². The third-order valence-corrected chi connectivity index (χ3v) is 6.19. The number of piperidine rings is 2. The van der Waals surface area contributed by atoms with Crippen molar-refractivity contribution in [2.24, 2.45) is 5.92 Å². The first kappa shape index (κ1) is 18.1. The number of rotatable bonds is 2. The predicted octanol–water partition coefficient (Wildman–Crippen LogP) is 3.13. The Kier molecular flexibility index (Phi) is 4.69. The highest BCUT2D eigenvalue weighted by atomic mass is 16.2. The van der Waals surface area contributed by atoms with Gasteiger partial charge in [0.1, 0.15) is 18.0 Å². The average Bonchev–Trinajstić information content (AvgIpc) is 2.74. The Labute approximate surface area is 171 Å². The zero-order valence-electron chi connectivity index (χ0n) is 16.8. The standard InChI is InChI=1S/C21H27N7O/c1-15-4-2-11-27(12-15)19-7-6-17-20(25-19)28(16-5-3-10-26(17)13-16)21(29)24-18-8-9-22-14-23-18/h6-9,14-16H,2-5,10-13H2,1H3,(H,22,23,24,29)/t15?,16-/m0/s1. The second kappa shape index (κ2) is 7.50. The summed E-state index contributed by atoms with van der Waals surface area (Å²) < 4.78 is 0. The molecule has 29 heavy (non-hydrogen) atoms. The SMILES string of the molecule is CC1CCCN(c2ccc3c(n2)N(C(=O)Nc2ccncn2)[C@H]2CCCN3C2)C1. The maximum atomic E-state index is 13.3. The van der Waals surface area contributed by atoms with E-state index in [9.17, 15) is 4.79 Å². The van der Waals surface area contributed by atoms with Gasteiger partial charge in [-0.2, -0.15) is 0 Å². The maximum Gasteiger partial charge on any atom is 0.329 e. The second-order valence-corrected chi connectivity index (χ2v) is 8.34. The van der Waals surface area contributed by atoms with Gasteiger partial charge in [-0.25, -0.2) is 19.7 Å². The van der Waals surface area contributed by atoms with Gasteiger partial charge in [0.2, 0.25) is 0 Å². The highest BCUT2D eigenvalue weighted by molar-refractivity contribution is 6.04. The summed E-state index contributed by atoms with van der Waals surface area (Å²) in [5, 5.41) is 2.93. The van der Waals surface area contributed by atoms with Crippen molar-refractivity contribution in [3.8, 4) is 0 Å². The molecular weight excluding hydrogens is 366 g/mol. The monoisotopic (exact) mass is 393 g/mol. The number of fused-ring (bicyclic) bond motifs is 4. The minimum atomic E-state index is -0.173. The Morgan fingerprint density at radius 2 is 1.97 bits per heavy atom. The van der Waals surface area contributed by atoms with Gasteiger partial charge in [-0.3, -0.25) is 10.2 Å². The summed E-state index contributed by atoms with van der Waals surface area (Å²) in [6.07, 6.45) is 7.59. The lowest BCUT2D eigenvalue weighted by molar-refractivity contribution is 0.252. The molecule has 0 saturated carbocycles. The van der Waals surface area contributed by atoms with E-state index in [0.29, 0.717) is 11.7 Å². The largest absolute Gasteiger partial charge is 0.366 e.